The molecule has 2 rings (SSSR count). The maximum Gasteiger partial charge on any atom is 0.221 e. The predicted octanol–water partition coefficient (Wildman–Crippen LogP) is 3.68. The molecule has 0 unspecified atom stereocenters. The largest absolute Gasteiger partial charge is 0.379 e. The van der Waals surface area contributed by atoms with E-state index in [1.165, 1.54) is 6.92 Å². The molecule has 1 amide bonds. The van der Waals surface area contributed by atoms with Crippen molar-refractivity contribution in [2.75, 3.05) is 10.6 Å². The monoisotopic (exact) mass is 295 g/mol. The number of rotatable bonds is 4. The van der Waals surface area contributed by atoms with E-state index in [9.17, 15) is 4.79 Å². The van der Waals surface area contributed by atoms with Gasteiger partial charge in [0.15, 0.2) is 0 Å². The fraction of sp³-hybridized carbons (Fsp3) is 0.231. The standard InChI is InChI=1S/C13H14ClN3OS/c1-8-10(3-4-13(14)16-8)15-7-12-11(5-6-19-12)17-9(2)18/h3-6,15H,7H2,1-2H3,(H,17,18). The van der Waals surface area contributed by atoms with E-state index in [0.717, 1.165) is 21.9 Å². The van der Waals surface area contributed by atoms with E-state index in [1.807, 2.05) is 24.4 Å². The molecular formula is C13H14ClN3OS. The topological polar surface area (TPSA) is 54.0 Å². The molecule has 0 aromatic carbocycles. The molecule has 2 heterocycles. The van der Waals surface area contributed by atoms with Crippen molar-refractivity contribution >= 4 is 40.2 Å². The second-order valence-corrected chi connectivity index (χ2v) is 5.45. The third-order valence-electron chi connectivity index (χ3n) is 2.55. The number of aryl methyl sites for hydroxylation is 1. The minimum atomic E-state index is -0.0657. The molecule has 100 valence electrons. The first-order chi connectivity index (χ1) is 9.06. The summed E-state index contributed by atoms with van der Waals surface area (Å²) in [6, 6.07) is 5.55. The summed E-state index contributed by atoms with van der Waals surface area (Å²) in [5.74, 6) is -0.0657. The quantitative estimate of drug-likeness (QED) is 0.846. The first-order valence-electron chi connectivity index (χ1n) is 5.77. The van der Waals surface area contributed by atoms with Crippen molar-refractivity contribution in [1.82, 2.24) is 4.98 Å². The Kier molecular flexibility index (Phi) is 4.39. The summed E-state index contributed by atoms with van der Waals surface area (Å²) >= 11 is 7.41. The van der Waals surface area contributed by atoms with Crippen LogP contribution in [-0.4, -0.2) is 10.9 Å². The average Bonchev–Trinajstić information content (AvgIpc) is 2.74. The van der Waals surface area contributed by atoms with E-state index >= 15 is 0 Å². The van der Waals surface area contributed by atoms with Gasteiger partial charge in [0.1, 0.15) is 5.15 Å². The molecular weight excluding hydrogens is 282 g/mol. The van der Waals surface area contributed by atoms with Crippen molar-refractivity contribution in [3.05, 3.63) is 39.3 Å². The second kappa shape index (κ2) is 6.04. The molecule has 2 N–H and O–H groups in total. The van der Waals surface area contributed by atoms with Crippen LogP contribution in [0.1, 0.15) is 17.5 Å². The van der Waals surface area contributed by atoms with Crippen LogP contribution in [0.3, 0.4) is 0 Å². The molecule has 0 bridgehead atoms. The summed E-state index contributed by atoms with van der Waals surface area (Å²) in [7, 11) is 0. The molecule has 4 nitrogen and oxygen atoms in total. The molecule has 2 aromatic rings. The number of carbonyl (C=O) groups excluding carboxylic acids is 1. The Labute approximate surface area is 120 Å². The van der Waals surface area contributed by atoms with E-state index in [1.54, 1.807) is 17.4 Å². The van der Waals surface area contributed by atoms with Gasteiger partial charge in [-0.3, -0.25) is 4.79 Å². The normalized spacial score (nSPS) is 10.3. The fourth-order valence-corrected chi connectivity index (χ4v) is 2.63. The van der Waals surface area contributed by atoms with E-state index < -0.39 is 0 Å². The van der Waals surface area contributed by atoms with Crippen LogP contribution >= 0.6 is 22.9 Å². The van der Waals surface area contributed by atoms with Crippen molar-refractivity contribution in [2.24, 2.45) is 0 Å². The van der Waals surface area contributed by atoms with Crippen LogP contribution in [0.15, 0.2) is 23.6 Å². The zero-order valence-electron chi connectivity index (χ0n) is 10.7. The summed E-state index contributed by atoms with van der Waals surface area (Å²) in [6.07, 6.45) is 0. The number of nitrogens with one attached hydrogen (secondary N) is 2. The SMILES string of the molecule is CC(=O)Nc1ccsc1CNc1ccc(Cl)nc1C. The van der Waals surface area contributed by atoms with Gasteiger partial charge in [-0.2, -0.15) is 0 Å². The summed E-state index contributed by atoms with van der Waals surface area (Å²) in [4.78, 5) is 16.3. The molecule has 0 fully saturated rings. The minimum absolute atomic E-state index is 0.0657. The molecule has 0 radical (unpaired) electrons. The highest BCUT2D eigenvalue weighted by Gasteiger charge is 2.07. The number of anilines is 2. The first kappa shape index (κ1) is 13.8. The first-order valence-corrected chi connectivity index (χ1v) is 7.03. The van der Waals surface area contributed by atoms with Gasteiger partial charge in [0.2, 0.25) is 5.91 Å². The summed E-state index contributed by atoms with van der Waals surface area (Å²) in [5, 5.41) is 8.54. The number of nitrogens with zero attached hydrogens (tertiary/aromatic N) is 1. The van der Waals surface area contributed by atoms with Crippen LogP contribution in [0.5, 0.6) is 0 Å². The van der Waals surface area contributed by atoms with Crippen LogP contribution < -0.4 is 10.6 Å². The number of hydrogen-bond donors (Lipinski definition) is 2. The zero-order valence-corrected chi connectivity index (χ0v) is 12.2. The molecule has 0 aliphatic heterocycles. The number of thiophene rings is 1. The molecule has 6 heteroatoms. The average molecular weight is 296 g/mol. The predicted molar refractivity (Wildman–Crippen MR) is 79.9 cm³/mol. The molecule has 0 aliphatic rings. The molecule has 0 saturated heterocycles. The number of amides is 1. The van der Waals surface area contributed by atoms with Crippen molar-refractivity contribution in [3.8, 4) is 0 Å². The van der Waals surface area contributed by atoms with Gasteiger partial charge >= 0.3 is 0 Å². The maximum atomic E-state index is 11.1. The Morgan fingerprint density at radius 2 is 2.16 bits per heavy atom. The molecule has 0 saturated carbocycles. The Bertz CT molecular complexity index is 597. The van der Waals surface area contributed by atoms with Gasteiger partial charge in [0, 0.05) is 11.8 Å². The smallest absolute Gasteiger partial charge is 0.221 e. The Morgan fingerprint density at radius 3 is 2.84 bits per heavy atom. The van der Waals surface area contributed by atoms with Crippen LogP contribution in [0, 0.1) is 6.92 Å². The molecule has 0 aliphatic carbocycles. The fourth-order valence-electron chi connectivity index (χ4n) is 1.67. The zero-order chi connectivity index (χ0) is 13.8. The third kappa shape index (κ3) is 3.68. The van der Waals surface area contributed by atoms with Crippen molar-refractivity contribution < 1.29 is 4.79 Å². The molecule has 0 atom stereocenters. The maximum absolute atomic E-state index is 11.1. The van der Waals surface area contributed by atoms with E-state index in [-0.39, 0.29) is 5.91 Å². The molecule has 0 spiro atoms. The van der Waals surface area contributed by atoms with Gasteiger partial charge in [-0.05, 0) is 30.5 Å². The van der Waals surface area contributed by atoms with E-state index in [0.29, 0.717) is 11.7 Å². The summed E-state index contributed by atoms with van der Waals surface area (Å²) < 4.78 is 0. The number of aromatic nitrogens is 1. The van der Waals surface area contributed by atoms with Gasteiger partial charge in [0.25, 0.3) is 0 Å². The van der Waals surface area contributed by atoms with Gasteiger partial charge < -0.3 is 10.6 Å². The van der Waals surface area contributed by atoms with Gasteiger partial charge in [-0.25, -0.2) is 4.98 Å². The van der Waals surface area contributed by atoms with Crippen molar-refractivity contribution in [1.29, 1.82) is 0 Å². The lowest BCUT2D eigenvalue weighted by Gasteiger charge is -2.09. The van der Waals surface area contributed by atoms with Gasteiger partial charge in [0.05, 0.1) is 23.6 Å². The lowest BCUT2D eigenvalue weighted by atomic mass is 10.3. The van der Waals surface area contributed by atoms with Crippen LogP contribution in [-0.2, 0) is 11.3 Å². The Balaban J connectivity index is 2.06. The highest BCUT2D eigenvalue weighted by atomic mass is 35.5. The highest BCUT2D eigenvalue weighted by Crippen LogP contribution is 2.24. The van der Waals surface area contributed by atoms with Crippen molar-refractivity contribution in [2.45, 2.75) is 20.4 Å². The van der Waals surface area contributed by atoms with E-state index in [2.05, 4.69) is 15.6 Å². The number of halogens is 1. The van der Waals surface area contributed by atoms with Crippen LogP contribution in [0.4, 0.5) is 11.4 Å². The molecule has 2 aromatic heterocycles. The minimum Gasteiger partial charge on any atom is -0.379 e. The Morgan fingerprint density at radius 1 is 1.37 bits per heavy atom. The number of pyridine rings is 1. The number of carbonyl (C=O) groups is 1. The number of hydrogen-bond acceptors (Lipinski definition) is 4. The van der Waals surface area contributed by atoms with Crippen LogP contribution in [0.2, 0.25) is 5.15 Å². The lowest BCUT2D eigenvalue weighted by Crippen LogP contribution is -2.08. The highest BCUT2D eigenvalue weighted by molar-refractivity contribution is 7.10. The van der Waals surface area contributed by atoms with Crippen molar-refractivity contribution in [3.63, 3.8) is 0 Å². The third-order valence-corrected chi connectivity index (χ3v) is 3.68. The van der Waals surface area contributed by atoms with E-state index in [4.69, 9.17) is 11.6 Å². The summed E-state index contributed by atoms with van der Waals surface area (Å²) in [5.41, 5.74) is 2.64. The van der Waals surface area contributed by atoms with Crippen LogP contribution in [0.25, 0.3) is 0 Å². The lowest BCUT2D eigenvalue weighted by molar-refractivity contribution is -0.114. The summed E-state index contributed by atoms with van der Waals surface area (Å²) in [6.45, 7) is 4.04. The Hall–Kier alpha value is -1.59. The van der Waals surface area contributed by atoms with Gasteiger partial charge in [-0.15, -0.1) is 11.3 Å². The molecule has 19 heavy (non-hydrogen) atoms. The van der Waals surface area contributed by atoms with Gasteiger partial charge in [-0.1, -0.05) is 11.6 Å². The second-order valence-electron chi connectivity index (χ2n) is 4.06.